The molecule has 0 saturated heterocycles. The monoisotopic (exact) mass is 335 g/mol. The molecule has 0 aliphatic rings. The summed E-state index contributed by atoms with van der Waals surface area (Å²) in [6.07, 6.45) is 1.02. The average Bonchev–Trinajstić information content (AvgIpc) is 2.42. The maximum atomic E-state index is 12.1. The van der Waals surface area contributed by atoms with E-state index in [1.165, 1.54) is 6.07 Å². The van der Waals surface area contributed by atoms with Gasteiger partial charge in [-0.2, -0.15) is 0 Å². The Hall–Kier alpha value is -1.00. The second-order valence-electron chi connectivity index (χ2n) is 4.65. The lowest BCUT2D eigenvalue weighted by Gasteiger charge is -2.12. The molecule has 0 saturated carbocycles. The van der Waals surface area contributed by atoms with Crippen LogP contribution in [0.1, 0.15) is 18.5 Å². The highest BCUT2D eigenvalue weighted by Gasteiger charge is 2.15. The molecule has 0 aliphatic heterocycles. The molecule has 21 heavy (non-hydrogen) atoms. The lowest BCUT2D eigenvalue weighted by molar-refractivity contribution is 0.573. The Morgan fingerprint density at radius 2 is 1.71 bits per heavy atom. The first-order valence-electron chi connectivity index (χ1n) is 6.37. The van der Waals surface area contributed by atoms with Gasteiger partial charge in [0, 0.05) is 19.1 Å². The highest BCUT2D eigenvalue weighted by molar-refractivity contribution is 7.89. The standard InChI is InChI=1S/C12H21N3O4S2/c1-10(13-2)11-5-4-6-12(9-11)21(18,19)15-8-7-14-20(3,16)17/h4-6,9-10,13-15H,7-8H2,1-3H3. The third-order valence-corrected chi connectivity index (χ3v) is 5.07. The second kappa shape index (κ2) is 7.32. The fourth-order valence-corrected chi connectivity index (χ4v) is 3.18. The molecule has 0 fully saturated rings. The van der Waals surface area contributed by atoms with E-state index in [0.29, 0.717) is 0 Å². The zero-order valence-electron chi connectivity index (χ0n) is 12.3. The van der Waals surface area contributed by atoms with Gasteiger partial charge in [0.25, 0.3) is 0 Å². The summed E-state index contributed by atoms with van der Waals surface area (Å²) in [6.45, 7) is 1.92. The van der Waals surface area contributed by atoms with E-state index in [1.807, 2.05) is 13.0 Å². The molecule has 0 aromatic heterocycles. The van der Waals surface area contributed by atoms with Crippen LogP contribution in [0.5, 0.6) is 0 Å². The molecule has 7 nitrogen and oxygen atoms in total. The van der Waals surface area contributed by atoms with Gasteiger partial charge in [-0.1, -0.05) is 12.1 Å². The Morgan fingerprint density at radius 1 is 1.10 bits per heavy atom. The summed E-state index contributed by atoms with van der Waals surface area (Å²) < 4.78 is 50.6. The first-order chi connectivity index (χ1) is 9.65. The lowest BCUT2D eigenvalue weighted by Crippen LogP contribution is -2.34. The van der Waals surface area contributed by atoms with Crippen molar-refractivity contribution < 1.29 is 16.8 Å². The van der Waals surface area contributed by atoms with E-state index in [4.69, 9.17) is 0 Å². The van der Waals surface area contributed by atoms with Crippen molar-refractivity contribution in [2.75, 3.05) is 26.4 Å². The minimum Gasteiger partial charge on any atom is -0.313 e. The molecule has 1 rings (SSSR count). The number of hydrogen-bond donors (Lipinski definition) is 3. The van der Waals surface area contributed by atoms with E-state index in [9.17, 15) is 16.8 Å². The predicted octanol–water partition coefficient (Wildman–Crippen LogP) is -0.205. The van der Waals surface area contributed by atoms with Crippen LogP contribution < -0.4 is 14.8 Å². The first-order valence-corrected chi connectivity index (χ1v) is 9.75. The zero-order valence-corrected chi connectivity index (χ0v) is 13.9. The van der Waals surface area contributed by atoms with E-state index < -0.39 is 20.0 Å². The van der Waals surface area contributed by atoms with Crippen LogP contribution in [0.3, 0.4) is 0 Å². The van der Waals surface area contributed by atoms with Gasteiger partial charge in [0.1, 0.15) is 0 Å². The quantitative estimate of drug-likeness (QED) is 0.571. The third-order valence-electron chi connectivity index (χ3n) is 2.88. The van der Waals surface area contributed by atoms with Crippen LogP contribution in [0.4, 0.5) is 0 Å². The molecule has 1 aromatic rings. The fraction of sp³-hybridized carbons (Fsp3) is 0.500. The van der Waals surface area contributed by atoms with Crippen molar-refractivity contribution in [2.24, 2.45) is 0 Å². The second-order valence-corrected chi connectivity index (χ2v) is 8.25. The predicted molar refractivity (Wildman–Crippen MR) is 82.0 cm³/mol. The SMILES string of the molecule is CNC(C)c1cccc(S(=O)(=O)NCCNS(C)(=O)=O)c1. The van der Waals surface area contributed by atoms with E-state index >= 15 is 0 Å². The number of rotatable bonds is 8. The average molecular weight is 335 g/mol. The maximum Gasteiger partial charge on any atom is 0.240 e. The largest absolute Gasteiger partial charge is 0.313 e. The van der Waals surface area contributed by atoms with E-state index in [-0.39, 0.29) is 24.0 Å². The summed E-state index contributed by atoms with van der Waals surface area (Å²) in [7, 11) is -5.18. The van der Waals surface area contributed by atoms with Gasteiger partial charge in [0.15, 0.2) is 0 Å². The topological polar surface area (TPSA) is 104 Å². The molecule has 1 atom stereocenters. The van der Waals surface area contributed by atoms with Crippen molar-refractivity contribution in [3.63, 3.8) is 0 Å². The van der Waals surface area contributed by atoms with Crippen molar-refractivity contribution in [1.29, 1.82) is 0 Å². The van der Waals surface area contributed by atoms with Gasteiger partial charge in [-0.15, -0.1) is 0 Å². The van der Waals surface area contributed by atoms with Gasteiger partial charge < -0.3 is 5.32 Å². The summed E-state index contributed by atoms with van der Waals surface area (Å²) in [6, 6.07) is 6.64. The molecule has 120 valence electrons. The summed E-state index contributed by atoms with van der Waals surface area (Å²) in [5.74, 6) is 0. The number of benzene rings is 1. The van der Waals surface area contributed by atoms with E-state index in [2.05, 4.69) is 14.8 Å². The number of sulfonamides is 2. The van der Waals surface area contributed by atoms with Gasteiger partial charge in [-0.05, 0) is 31.7 Å². The molecule has 0 aliphatic carbocycles. The van der Waals surface area contributed by atoms with Crippen LogP contribution >= 0.6 is 0 Å². The number of hydrogen-bond acceptors (Lipinski definition) is 5. The van der Waals surface area contributed by atoms with Crippen LogP contribution in [-0.2, 0) is 20.0 Å². The minimum absolute atomic E-state index is 0.00464. The third kappa shape index (κ3) is 6.10. The van der Waals surface area contributed by atoms with E-state index in [1.54, 1.807) is 19.2 Å². The summed E-state index contributed by atoms with van der Waals surface area (Å²) >= 11 is 0. The molecular weight excluding hydrogens is 314 g/mol. The van der Waals surface area contributed by atoms with Gasteiger partial charge >= 0.3 is 0 Å². The van der Waals surface area contributed by atoms with Crippen molar-refractivity contribution in [2.45, 2.75) is 17.9 Å². The van der Waals surface area contributed by atoms with Crippen molar-refractivity contribution >= 4 is 20.0 Å². The summed E-state index contributed by atoms with van der Waals surface area (Å²) in [4.78, 5) is 0.154. The molecule has 0 spiro atoms. The molecule has 9 heteroatoms. The van der Waals surface area contributed by atoms with Crippen LogP contribution in [0.25, 0.3) is 0 Å². The van der Waals surface area contributed by atoms with Crippen LogP contribution in [0.15, 0.2) is 29.2 Å². The van der Waals surface area contributed by atoms with Crippen molar-refractivity contribution in [1.82, 2.24) is 14.8 Å². The Bertz CT molecular complexity index is 671. The molecule has 0 amide bonds. The summed E-state index contributed by atoms with van der Waals surface area (Å²) in [5, 5.41) is 3.04. The van der Waals surface area contributed by atoms with Crippen LogP contribution in [-0.4, -0.2) is 43.2 Å². The molecule has 1 aromatic carbocycles. The van der Waals surface area contributed by atoms with Gasteiger partial charge in [0.05, 0.1) is 11.2 Å². The molecule has 0 heterocycles. The Balaban J connectivity index is 2.74. The van der Waals surface area contributed by atoms with Crippen molar-refractivity contribution in [3.05, 3.63) is 29.8 Å². The summed E-state index contributed by atoms with van der Waals surface area (Å²) in [5.41, 5.74) is 0.856. The van der Waals surface area contributed by atoms with Gasteiger partial charge in [-0.3, -0.25) is 0 Å². The molecule has 1 unspecified atom stereocenters. The van der Waals surface area contributed by atoms with Gasteiger partial charge in [0.2, 0.25) is 20.0 Å². The maximum absolute atomic E-state index is 12.1. The highest BCUT2D eigenvalue weighted by atomic mass is 32.2. The van der Waals surface area contributed by atoms with Gasteiger partial charge in [-0.25, -0.2) is 26.3 Å². The normalized spacial score (nSPS) is 14.0. The molecule has 3 N–H and O–H groups in total. The first kappa shape index (κ1) is 18.1. The number of nitrogens with one attached hydrogen (secondary N) is 3. The van der Waals surface area contributed by atoms with E-state index in [0.717, 1.165) is 11.8 Å². The lowest BCUT2D eigenvalue weighted by atomic mass is 10.1. The molecular formula is C12H21N3O4S2. The Labute approximate surface area is 126 Å². The van der Waals surface area contributed by atoms with Crippen molar-refractivity contribution in [3.8, 4) is 0 Å². The minimum atomic E-state index is -3.65. The highest BCUT2D eigenvalue weighted by Crippen LogP contribution is 2.16. The zero-order chi connectivity index (χ0) is 16.1. The van der Waals surface area contributed by atoms with Crippen LogP contribution in [0.2, 0.25) is 0 Å². The molecule has 0 bridgehead atoms. The molecule has 0 radical (unpaired) electrons. The fourth-order valence-electron chi connectivity index (χ4n) is 1.62. The Morgan fingerprint density at radius 3 is 2.29 bits per heavy atom. The smallest absolute Gasteiger partial charge is 0.240 e. The van der Waals surface area contributed by atoms with Crippen LogP contribution in [0, 0.1) is 0 Å². The Kier molecular flexibility index (Phi) is 6.29.